The predicted molar refractivity (Wildman–Crippen MR) is 194 cm³/mol. The van der Waals surface area contributed by atoms with Crippen molar-refractivity contribution >= 4 is 29.1 Å². The van der Waals surface area contributed by atoms with Crippen LogP contribution in [0.5, 0.6) is 0 Å². The minimum atomic E-state index is -4.39. The lowest BCUT2D eigenvalue weighted by atomic mass is 9.82. The lowest BCUT2D eigenvalue weighted by Gasteiger charge is -2.34. The number of carbonyl (C=O) groups excluding carboxylic acids is 3. The van der Waals surface area contributed by atoms with Gasteiger partial charge in [-0.05, 0) is 31.4 Å². The van der Waals surface area contributed by atoms with E-state index in [0.29, 0.717) is 12.1 Å². The van der Waals surface area contributed by atoms with Crippen molar-refractivity contribution in [1.82, 2.24) is 25.4 Å². The third-order valence-electron chi connectivity index (χ3n) is 9.45. The van der Waals surface area contributed by atoms with Gasteiger partial charge in [0.05, 0.1) is 41.7 Å². The largest absolute Gasteiger partial charge is 0.401 e. The topological polar surface area (TPSA) is 135 Å². The summed E-state index contributed by atoms with van der Waals surface area (Å²) >= 11 is 1.25. The molecule has 6 atom stereocenters. The highest BCUT2D eigenvalue weighted by Gasteiger charge is 2.38. The molecular formula is C38H50F3N5O5S. The molecule has 4 N–H and O–H groups in total. The molecule has 14 heteroatoms. The lowest BCUT2D eigenvalue weighted by molar-refractivity contribution is -0.144. The summed E-state index contributed by atoms with van der Waals surface area (Å²) < 4.78 is 38.5. The smallest absolute Gasteiger partial charge is 0.389 e. The molecule has 3 rings (SSSR count). The number of halogens is 3. The molecule has 0 saturated heterocycles. The fraction of sp³-hybridized carbons (Fsp3) is 0.579. The molecule has 1 heterocycles. The number of aliphatic hydroxyl groups is 2. The number of hydrogen-bond acceptors (Lipinski definition) is 8. The summed E-state index contributed by atoms with van der Waals surface area (Å²) in [5.41, 5.74) is 2.65. The summed E-state index contributed by atoms with van der Waals surface area (Å²) in [6, 6.07) is 6.68. The molecule has 1 aromatic carbocycles. The van der Waals surface area contributed by atoms with E-state index in [4.69, 9.17) is 12.8 Å². The zero-order valence-corrected chi connectivity index (χ0v) is 30.5. The van der Waals surface area contributed by atoms with E-state index < -0.39 is 66.6 Å². The first-order valence-corrected chi connectivity index (χ1v) is 18.4. The molecule has 3 amide bonds. The fourth-order valence-corrected chi connectivity index (χ4v) is 7.09. The Morgan fingerprint density at radius 1 is 1.04 bits per heavy atom. The number of aromatic nitrogens is 1. The van der Waals surface area contributed by atoms with Gasteiger partial charge in [-0.3, -0.25) is 19.3 Å². The van der Waals surface area contributed by atoms with Gasteiger partial charge < -0.3 is 25.7 Å². The maximum atomic E-state index is 14.2. The number of hydrogen-bond donors (Lipinski definition) is 4. The van der Waals surface area contributed by atoms with Crippen LogP contribution in [0.1, 0.15) is 68.5 Å². The van der Waals surface area contributed by atoms with Crippen LogP contribution in [0.3, 0.4) is 0 Å². The summed E-state index contributed by atoms with van der Waals surface area (Å²) in [4.78, 5) is 48.4. The van der Waals surface area contributed by atoms with Crippen LogP contribution in [0.2, 0.25) is 0 Å². The molecule has 0 bridgehead atoms. The van der Waals surface area contributed by atoms with Gasteiger partial charge in [0.15, 0.2) is 0 Å². The summed E-state index contributed by atoms with van der Waals surface area (Å²) in [5, 5.41) is 29.1. The molecule has 1 aliphatic rings. The van der Waals surface area contributed by atoms with Gasteiger partial charge in [-0.15, -0.1) is 30.1 Å². The van der Waals surface area contributed by atoms with Crippen molar-refractivity contribution in [2.24, 2.45) is 11.8 Å². The first-order chi connectivity index (χ1) is 24.7. The second kappa shape index (κ2) is 20.9. The Hall–Kier alpha value is -3.95. The maximum absolute atomic E-state index is 14.2. The van der Waals surface area contributed by atoms with Gasteiger partial charge in [-0.2, -0.15) is 13.2 Å². The Bertz CT molecular complexity index is 1490. The van der Waals surface area contributed by atoms with Crippen LogP contribution >= 0.6 is 11.3 Å². The van der Waals surface area contributed by atoms with E-state index in [0.717, 1.165) is 42.6 Å². The highest BCUT2D eigenvalue weighted by Crippen LogP contribution is 2.29. The van der Waals surface area contributed by atoms with E-state index in [1.54, 1.807) is 41.2 Å². The number of nitrogens with one attached hydrogen (secondary N) is 2. The maximum Gasteiger partial charge on any atom is 0.401 e. The number of alkyl halides is 3. The van der Waals surface area contributed by atoms with Crippen molar-refractivity contribution in [3.8, 4) is 24.7 Å². The summed E-state index contributed by atoms with van der Waals surface area (Å²) in [6.07, 6.45) is 9.26. The van der Waals surface area contributed by atoms with Crippen LogP contribution in [-0.2, 0) is 20.8 Å². The van der Waals surface area contributed by atoms with Gasteiger partial charge in [0.25, 0.3) is 0 Å². The molecule has 1 saturated carbocycles. The Morgan fingerprint density at radius 2 is 1.73 bits per heavy atom. The van der Waals surface area contributed by atoms with Gasteiger partial charge >= 0.3 is 6.18 Å². The molecule has 2 aromatic rings. The first-order valence-electron chi connectivity index (χ1n) is 17.5. The molecule has 52 heavy (non-hydrogen) atoms. The standard InChI is InChI=1S/C38H50F3N5O5S/c1-5-13-32(47)35(49)30(21-27-16-11-8-12-17-27)43-37(51)34(29(6-2)31-23-52-25-42-31)44-36(50)28(20-26-14-9-7-10-15-26)22-33(48)46(4)19-18-45(3)24-38(39,40)41/h1-2,7,9-10,14-15,23,25,27-30,32,34-35,47,49H,8,11-13,16-22,24H2,3-4H3,(H,43,51)(H,44,50)/t28?,29?,30-,32-,34-,35+/m0/s1. The van der Waals surface area contributed by atoms with Crippen LogP contribution in [0, 0.1) is 36.5 Å². The van der Waals surface area contributed by atoms with E-state index in [9.17, 15) is 37.8 Å². The minimum Gasteiger partial charge on any atom is -0.389 e. The number of nitrogens with zero attached hydrogens (tertiary/aromatic N) is 3. The van der Waals surface area contributed by atoms with Crippen molar-refractivity contribution in [3.05, 3.63) is 52.5 Å². The molecule has 0 aliphatic heterocycles. The number of terminal acetylenes is 2. The number of rotatable bonds is 19. The number of carbonyl (C=O) groups is 3. The van der Waals surface area contributed by atoms with E-state index >= 15 is 0 Å². The molecule has 2 unspecified atom stereocenters. The average Bonchev–Trinajstić information content (AvgIpc) is 3.64. The van der Waals surface area contributed by atoms with Gasteiger partial charge in [0, 0.05) is 38.4 Å². The van der Waals surface area contributed by atoms with Gasteiger partial charge in [-0.1, -0.05) is 68.4 Å². The average molecular weight is 746 g/mol. The second-order valence-corrected chi connectivity index (χ2v) is 14.3. The highest BCUT2D eigenvalue weighted by molar-refractivity contribution is 7.07. The lowest BCUT2D eigenvalue weighted by Crippen LogP contribution is -2.57. The Kier molecular flexibility index (Phi) is 17.1. The predicted octanol–water partition coefficient (Wildman–Crippen LogP) is 3.75. The SMILES string of the molecule is C#CC[C@H](O)[C@H](O)[C@H](CC1CCCCC1)NC(=O)[C@@H](NC(=O)C(CC(=O)N(C)CCN(C)CC(F)(F)F)Cc1ccccc1)C(C#C)c1cscn1. The van der Waals surface area contributed by atoms with Crippen molar-refractivity contribution < 1.29 is 37.8 Å². The zero-order chi connectivity index (χ0) is 38.3. The molecular weight excluding hydrogens is 696 g/mol. The number of amides is 3. The first kappa shape index (κ1) is 42.5. The normalized spacial score (nSPS) is 17.1. The third kappa shape index (κ3) is 13.9. The van der Waals surface area contributed by atoms with Crippen molar-refractivity contribution in [3.63, 3.8) is 0 Å². The van der Waals surface area contributed by atoms with Crippen molar-refractivity contribution in [2.75, 3.05) is 33.7 Å². The van der Waals surface area contributed by atoms with Crippen LogP contribution in [0.25, 0.3) is 0 Å². The molecule has 0 spiro atoms. The van der Waals surface area contributed by atoms with Gasteiger partial charge in [-0.25, -0.2) is 4.98 Å². The summed E-state index contributed by atoms with van der Waals surface area (Å²) in [7, 11) is 2.77. The number of thiazole rings is 1. The van der Waals surface area contributed by atoms with Gasteiger partial charge in [0.2, 0.25) is 17.7 Å². The van der Waals surface area contributed by atoms with Crippen molar-refractivity contribution in [1.29, 1.82) is 0 Å². The minimum absolute atomic E-state index is 0.00461. The zero-order valence-electron chi connectivity index (χ0n) is 29.7. The number of benzene rings is 1. The molecule has 1 aliphatic carbocycles. The van der Waals surface area contributed by atoms with Crippen LogP contribution in [0.15, 0.2) is 41.2 Å². The Morgan fingerprint density at radius 3 is 2.33 bits per heavy atom. The van der Waals surface area contributed by atoms with Gasteiger partial charge in [0.1, 0.15) is 12.1 Å². The Labute approximate surface area is 308 Å². The quantitative estimate of drug-likeness (QED) is 0.161. The van der Waals surface area contributed by atoms with Crippen LogP contribution in [0.4, 0.5) is 13.2 Å². The van der Waals surface area contributed by atoms with E-state index in [1.807, 2.05) is 0 Å². The number of aliphatic hydroxyl groups excluding tert-OH is 2. The molecule has 1 fully saturated rings. The van der Waals surface area contributed by atoms with Crippen molar-refractivity contribution in [2.45, 2.75) is 94.2 Å². The Balaban J connectivity index is 1.88. The number of likely N-dealkylation sites (N-methyl/N-ethyl adjacent to an activating group) is 2. The monoisotopic (exact) mass is 745 g/mol. The molecule has 284 valence electrons. The van der Waals surface area contributed by atoms with Crippen LogP contribution in [-0.4, -0.2) is 107 Å². The third-order valence-corrected chi connectivity index (χ3v) is 10.0. The summed E-state index contributed by atoms with van der Waals surface area (Å²) in [5.74, 6) is 1.27. The van der Waals surface area contributed by atoms with E-state index in [-0.39, 0.29) is 38.3 Å². The fourth-order valence-electron chi connectivity index (χ4n) is 6.50. The molecule has 0 radical (unpaired) electrons. The molecule has 1 aromatic heterocycles. The highest BCUT2D eigenvalue weighted by atomic mass is 32.1. The molecule has 10 nitrogen and oxygen atoms in total. The van der Waals surface area contributed by atoms with E-state index in [2.05, 4.69) is 27.5 Å². The summed E-state index contributed by atoms with van der Waals surface area (Å²) in [6.45, 7) is -1.18. The van der Waals surface area contributed by atoms with E-state index in [1.165, 1.54) is 30.3 Å². The second-order valence-electron chi connectivity index (χ2n) is 13.6. The van der Waals surface area contributed by atoms with Crippen LogP contribution < -0.4 is 10.6 Å².